The minimum Gasteiger partial charge on any atom is -0.508 e. The minimum atomic E-state index is -1.55. The van der Waals surface area contributed by atoms with Crippen LogP contribution in [0.15, 0.2) is 24.3 Å². The van der Waals surface area contributed by atoms with Crippen molar-refractivity contribution < 1.29 is 39.6 Å². The van der Waals surface area contributed by atoms with Crippen LogP contribution in [0.2, 0.25) is 0 Å². The fraction of sp³-hybridized carbons (Fsp3) is 0.545. The van der Waals surface area contributed by atoms with E-state index in [4.69, 9.17) is 5.73 Å². The zero-order valence-electron chi connectivity index (χ0n) is 19.4. The fourth-order valence-electron chi connectivity index (χ4n) is 2.96. The van der Waals surface area contributed by atoms with Crippen LogP contribution in [0.3, 0.4) is 0 Å². The molecule has 3 amide bonds. The number of benzene rings is 1. The van der Waals surface area contributed by atoms with Crippen LogP contribution in [-0.4, -0.2) is 81.0 Å². The first-order valence-electron chi connectivity index (χ1n) is 10.9. The van der Waals surface area contributed by atoms with Crippen molar-refractivity contribution in [3.8, 4) is 5.75 Å². The summed E-state index contributed by atoms with van der Waals surface area (Å²) in [6.07, 6.45) is -0.855. The van der Waals surface area contributed by atoms with Crippen molar-refractivity contribution in [1.82, 2.24) is 16.0 Å². The van der Waals surface area contributed by atoms with Crippen molar-refractivity contribution in [3.63, 3.8) is 0 Å². The van der Waals surface area contributed by atoms with E-state index in [9.17, 15) is 39.6 Å². The Morgan fingerprint density at radius 1 is 0.941 bits per heavy atom. The number of hydrogen-bond acceptors (Lipinski definition) is 8. The molecule has 0 aliphatic carbocycles. The van der Waals surface area contributed by atoms with Gasteiger partial charge < -0.3 is 42.1 Å². The van der Waals surface area contributed by atoms with E-state index >= 15 is 0 Å². The largest absolute Gasteiger partial charge is 0.508 e. The lowest BCUT2D eigenvalue weighted by Gasteiger charge is -2.26. The number of aliphatic carboxylic acids is 1. The molecule has 9 N–H and O–H groups in total. The molecule has 0 radical (unpaired) electrons. The molecule has 190 valence electrons. The summed E-state index contributed by atoms with van der Waals surface area (Å²) in [7, 11) is 0. The van der Waals surface area contributed by atoms with E-state index in [2.05, 4.69) is 16.0 Å². The highest BCUT2D eigenvalue weighted by Gasteiger charge is 2.33. The zero-order valence-corrected chi connectivity index (χ0v) is 19.4. The van der Waals surface area contributed by atoms with Crippen LogP contribution in [0.25, 0.3) is 0 Å². The number of amides is 3. The summed E-state index contributed by atoms with van der Waals surface area (Å²) in [4.78, 5) is 49.1. The minimum absolute atomic E-state index is 0.00687. The van der Waals surface area contributed by atoms with Crippen LogP contribution < -0.4 is 21.7 Å². The Labute approximate surface area is 197 Å². The molecule has 0 bridgehead atoms. The number of carbonyl (C=O) groups is 4. The highest BCUT2D eigenvalue weighted by atomic mass is 16.4. The second kappa shape index (κ2) is 13.5. The van der Waals surface area contributed by atoms with E-state index in [0.717, 1.165) is 0 Å². The van der Waals surface area contributed by atoms with Crippen LogP contribution in [0.4, 0.5) is 0 Å². The Morgan fingerprint density at radius 3 is 1.97 bits per heavy atom. The van der Waals surface area contributed by atoms with Gasteiger partial charge in [0.1, 0.15) is 23.9 Å². The SMILES string of the molecule is CCC(C)C(N)C(=O)NC(C(=O)NC(CO)C(=O)NC(Cc1ccc(O)cc1)C(=O)O)C(C)O. The van der Waals surface area contributed by atoms with Crippen molar-refractivity contribution in [3.05, 3.63) is 29.8 Å². The number of nitrogens with one attached hydrogen (secondary N) is 3. The molecule has 6 unspecified atom stereocenters. The molecule has 0 spiro atoms. The molecule has 0 saturated carbocycles. The number of carboxylic acids is 1. The number of rotatable bonds is 13. The average molecular weight is 483 g/mol. The van der Waals surface area contributed by atoms with E-state index in [-0.39, 0.29) is 18.1 Å². The molecule has 1 aromatic rings. The number of carbonyl (C=O) groups excluding carboxylic acids is 3. The van der Waals surface area contributed by atoms with E-state index in [1.54, 1.807) is 6.92 Å². The second-order valence-corrected chi connectivity index (χ2v) is 8.15. The van der Waals surface area contributed by atoms with Gasteiger partial charge in [0.25, 0.3) is 0 Å². The maximum atomic E-state index is 12.6. The lowest BCUT2D eigenvalue weighted by atomic mass is 9.98. The number of carboxylic acid groups (broad SMARTS) is 1. The third-order valence-electron chi connectivity index (χ3n) is 5.43. The molecule has 0 fully saturated rings. The molecule has 1 aromatic carbocycles. The summed E-state index contributed by atoms with van der Waals surface area (Å²) in [5.41, 5.74) is 6.37. The number of hydrogen-bond donors (Lipinski definition) is 8. The third-order valence-corrected chi connectivity index (χ3v) is 5.43. The highest BCUT2D eigenvalue weighted by Crippen LogP contribution is 2.12. The zero-order chi connectivity index (χ0) is 26.0. The van der Waals surface area contributed by atoms with Gasteiger partial charge in [-0.25, -0.2) is 4.79 Å². The standard InChI is InChI=1S/C22H34N4O8/c1-4-11(2)17(23)20(31)26-18(12(3)28)21(32)25-16(10-27)19(30)24-15(22(33)34)9-13-5-7-14(29)8-6-13/h5-8,11-12,15-18,27-29H,4,9-10,23H2,1-3H3,(H,24,30)(H,25,32)(H,26,31)(H,33,34). The summed E-state index contributed by atoms with van der Waals surface area (Å²) in [6, 6.07) is 0.392. The van der Waals surface area contributed by atoms with Crippen LogP contribution in [0.5, 0.6) is 5.75 Å². The first-order valence-corrected chi connectivity index (χ1v) is 10.9. The first-order chi connectivity index (χ1) is 15.9. The van der Waals surface area contributed by atoms with Gasteiger partial charge in [0.15, 0.2) is 0 Å². The average Bonchev–Trinajstić information content (AvgIpc) is 2.79. The molecule has 0 aromatic heterocycles. The first kappa shape index (κ1) is 28.8. The maximum absolute atomic E-state index is 12.6. The topological polar surface area (TPSA) is 211 Å². The van der Waals surface area contributed by atoms with Crippen molar-refractivity contribution in [2.24, 2.45) is 11.7 Å². The van der Waals surface area contributed by atoms with Gasteiger partial charge in [-0.15, -0.1) is 0 Å². The lowest BCUT2D eigenvalue weighted by Crippen LogP contribution is -2.61. The van der Waals surface area contributed by atoms with Gasteiger partial charge in [-0.05, 0) is 30.5 Å². The number of phenolic OH excluding ortho intramolecular Hbond substituents is 1. The van der Waals surface area contributed by atoms with Crippen LogP contribution in [0.1, 0.15) is 32.8 Å². The molecule has 0 heterocycles. The summed E-state index contributed by atoms with van der Waals surface area (Å²) in [5.74, 6) is -4.14. The van der Waals surface area contributed by atoms with Crippen molar-refractivity contribution in [2.45, 2.75) is 63.9 Å². The van der Waals surface area contributed by atoms with Crippen LogP contribution in [-0.2, 0) is 25.6 Å². The molecule has 0 saturated heterocycles. The summed E-state index contributed by atoms with van der Waals surface area (Å²) < 4.78 is 0. The van der Waals surface area contributed by atoms with Gasteiger partial charge in [0.2, 0.25) is 17.7 Å². The van der Waals surface area contributed by atoms with Gasteiger partial charge in [-0.3, -0.25) is 14.4 Å². The van der Waals surface area contributed by atoms with E-state index in [0.29, 0.717) is 12.0 Å². The van der Waals surface area contributed by atoms with Crippen molar-refractivity contribution >= 4 is 23.7 Å². The molecule has 0 aliphatic heterocycles. The summed E-state index contributed by atoms with van der Waals surface area (Å²) in [5, 5.41) is 45.1. The van der Waals surface area contributed by atoms with Gasteiger partial charge >= 0.3 is 5.97 Å². The Hall–Kier alpha value is -3.22. The monoisotopic (exact) mass is 482 g/mol. The lowest BCUT2D eigenvalue weighted by molar-refractivity contribution is -0.142. The maximum Gasteiger partial charge on any atom is 0.326 e. The third kappa shape index (κ3) is 8.61. The van der Waals surface area contributed by atoms with E-state index < -0.39 is 60.6 Å². The summed E-state index contributed by atoms with van der Waals surface area (Å²) >= 11 is 0. The number of nitrogens with two attached hydrogens (primary N) is 1. The van der Waals surface area contributed by atoms with Gasteiger partial charge in [-0.1, -0.05) is 32.4 Å². The van der Waals surface area contributed by atoms with Crippen LogP contribution >= 0.6 is 0 Å². The Kier molecular flexibility index (Phi) is 11.4. The molecule has 1 rings (SSSR count). The summed E-state index contributed by atoms with van der Waals surface area (Å²) in [6.45, 7) is 3.99. The van der Waals surface area contributed by atoms with Crippen molar-refractivity contribution in [1.29, 1.82) is 0 Å². The molecule has 12 nitrogen and oxygen atoms in total. The molecular weight excluding hydrogens is 448 g/mol. The molecule has 6 atom stereocenters. The fourth-order valence-corrected chi connectivity index (χ4v) is 2.96. The van der Waals surface area contributed by atoms with Gasteiger partial charge in [0, 0.05) is 6.42 Å². The smallest absolute Gasteiger partial charge is 0.326 e. The quantitative estimate of drug-likeness (QED) is 0.159. The van der Waals surface area contributed by atoms with Gasteiger partial charge in [0.05, 0.1) is 18.8 Å². The Balaban J connectivity index is 2.86. The second-order valence-electron chi connectivity index (χ2n) is 8.15. The molecule has 12 heteroatoms. The Morgan fingerprint density at radius 2 is 1.50 bits per heavy atom. The number of aliphatic hydroxyl groups excluding tert-OH is 2. The van der Waals surface area contributed by atoms with Crippen LogP contribution in [0, 0.1) is 5.92 Å². The Bertz CT molecular complexity index is 846. The number of phenols is 1. The number of aromatic hydroxyl groups is 1. The molecular formula is C22H34N4O8. The van der Waals surface area contributed by atoms with Crippen molar-refractivity contribution in [2.75, 3.05) is 6.61 Å². The normalized spacial score (nSPS) is 16.3. The van der Waals surface area contributed by atoms with E-state index in [1.807, 2.05) is 6.92 Å². The predicted octanol–water partition coefficient (Wildman–Crippen LogP) is -1.78. The molecule has 0 aliphatic rings. The highest BCUT2D eigenvalue weighted by molar-refractivity contribution is 5.94. The number of aliphatic hydroxyl groups is 2. The van der Waals surface area contributed by atoms with E-state index in [1.165, 1.54) is 31.2 Å². The van der Waals surface area contributed by atoms with Gasteiger partial charge in [-0.2, -0.15) is 0 Å². The molecule has 34 heavy (non-hydrogen) atoms. The predicted molar refractivity (Wildman–Crippen MR) is 121 cm³/mol.